The summed E-state index contributed by atoms with van der Waals surface area (Å²) in [4.78, 5) is 52.5. The first-order valence-electron chi connectivity index (χ1n) is 13.4. The summed E-state index contributed by atoms with van der Waals surface area (Å²) >= 11 is 3.07. The highest BCUT2D eigenvalue weighted by molar-refractivity contribution is 9.10. The van der Waals surface area contributed by atoms with E-state index in [9.17, 15) is 18.8 Å². The second-order valence-electron chi connectivity index (χ2n) is 11.5. The van der Waals surface area contributed by atoms with E-state index < -0.39 is 17.7 Å². The van der Waals surface area contributed by atoms with Crippen LogP contribution < -0.4 is 5.32 Å². The van der Waals surface area contributed by atoms with E-state index in [1.807, 2.05) is 25.1 Å². The number of fused-ring (bicyclic) bond motifs is 2. The maximum atomic E-state index is 13.9. The molecule has 210 valence electrons. The molecule has 0 bridgehead atoms. The third kappa shape index (κ3) is 4.86. The van der Waals surface area contributed by atoms with Crippen molar-refractivity contribution in [2.75, 3.05) is 5.32 Å². The number of aromatic nitrogens is 5. The zero-order valence-corrected chi connectivity index (χ0v) is 24.6. The van der Waals surface area contributed by atoms with Gasteiger partial charge < -0.3 is 5.32 Å². The van der Waals surface area contributed by atoms with Crippen molar-refractivity contribution in [3.05, 3.63) is 64.2 Å². The SMILES string of the molecule is CC(=O)c1nn(CC(=O)C2[C@H](C(=O)Nc3nc(Br)c(F)cc3C)C[C@@]3(C)C[C@@H]23)c2ccc(-c3cnc(C)nc3)cc12. The first kappa shape index (κ1) is 27.3. The predicted octanol–water partition coefficient (Wildman–Crippen LogP) is 5.48. The molecule has 3 heterocycles. The maximum Gasteiger partial charge on any atom is 0.229 e. The van der Waals surface area contributed by atoms with E-state index >= 15 is 0 Å². The Balaban J connectivity index is 1.28. The first-order chi connectivity index (χ1) is 19.4. The minimum atomic E-state index is -0.543. The Hall–Kier alpha value is -3.86. The Morgan fingerprint density at radius 3 is 2.56 bits per heavy atom. The smallest absolute Gasteiger partial charge is 0.229 e. The van der Waals surface area contributed by atoms with Crippen LogP contribution in [0.1, 0.15) is 48.6 Å². The van der Waals surface area contributed by atoms with Gasteiger partial charge in [0, 0.05) is 42.1 Å². The summed E-state index contributed by atoms with van der Waals surface area (Å²) in [5.74, 6) is -1.14. The Kier molecular flexibility index (Phi) is 6.60. The monoisotopic (exact) mass is 618 g/mol. The van der Waals surface area contributed by atoms with Gasteiger partial charge in [-0.05, 0) is 83.3 Å². The molecule has 0 aliphatic heterocycles. The lowest BCUT2D eigenvalue weighted by atomic mass is 9.86. The largest absolute Gasteiger partial charge is 0.310 e. The van der Waals surface area contributed by atoms with Crippen LogP contribution in [-0.2, 0) is 16.1 Å². The van der Waals surface area contributed by atoms with E-state index in [2.05, 4.69) is 48.2 Å². The number of carbonyl (C=O) groups is 3. The summed E-state index contributed by atoms with van der Waals surface area (Å²) in [6.45, 7) is 6.98. The van der Waals surface area contributed by atoms with Crippen LogP contribution in [0.2, 0.25) is 0 Å². The van der Waals surface area contributed by atoms with Gasteiger partial charge in [0.25, 0.3) is 0 Å². The number of carbonyl (C=O) groups excluding carboxylic acids is 3. The minimum Gasteiger partial charge on any atom is -0.310 e. The van der Waals surface area contributed by atoms with E-state index in [0.29, 0.717) is 28.7 Å². The van der Waals surface area contributed by atoms with Crippen LogP contribution in [0.3, 0.4) is 0 Å². The molecule has 1 amide bonds. The van der Waals surface area contributed by atoms with Gasteiger partial charge in [-0.3, -0.25) is 19.1 Å². The Morgan fingerprint density at radius 1 is 1.12 bits per heavy atom. The van der Waals surface area contributed by atoms with Crippen molar-refractivity contribution < 1.29 is 18.8 Å². The van der Waals surface area contributed by atoms with Crippen LogP contribution in [0, 0.1) is 42.8 Å². The summed E-state index contributed by atoms with van der Waals surface area (Å²) in [6, 6.07) is 6.91. The normalized spacial score (nSPS) is 22.9. The fourth-order valence-corrected chi connectivity index (χ4v) is 6.57. The number of pyridine rings is 1. The number of nitrogens with one attached hydrogen (secondary N) is 1. The number of hydrogen-bond donors (Lipinski definition) is 1. The number of Topliss-reactive ketones (excluding diaryl/α,β-unsaturated/α-hetero) is 2. The van der Waals surface area contributed by atoms with Gasteiger partial charge in [-0.2, -0.15) is 5.10 Å². The molecular formula is C30H28BrFN6O3. The molecule has 2 aliphatic rings. The molecule has 1 N–H and O–H groups in total. The van der Waals surface area contributed by atoms with Crippen molar-refractivity contribution in [2.24, 2.45) is 23.2 Å². The molecule has 4 aromatic rings. The summed E-state index contributed by atoms with van der Waals surface area (Å²) in [7, 11) is 0. The number of rotatable bonds is 7. The number of nitrogens with zero attached hydrogens (tertiary/aromatic N) is 5. The molecule has 2 saturated carbocycles. The molecule has 0 spiro atoms. The Labute approximate surface area is 244 Å². The molecule has 41 heavy (non-hydrogen) atoms. The van der Waals surface area contributed by atoms with Crippen molar-refractivity contribution in [2.45, 2.75) is 47.1 Å². The topological polar surface area (TPSA) is 120 Å². The fourth-order valence-electron chi connectivity index (χ4n) is 6.28. The third-order valence-electron chi connectivity index (χ3n) is 8.55. The van der Waals surface area contributed by atoms with Gasteiger partial charge in [0.2, 0.25) is 5.91 Å². The molecule has 0 saturated heterocycles. The van der Waals surface area contributed by atoms with Gasteiger partial charge in [-0.25, -0.2) is 19.3 Å². The van der Waals surface area contributed by atoms with E-state index in [0.717, 1.165) is 17.5 Å². The van der Waals surface area contributed by atoms with Crippen molar-refractivity contribution in [1.82, 2.24) is 24.7 Å². The average Bonchev–Trinajstić information content (AvgIpc) is 3.29. The fraction of sp³-hybridized carbons (Fsp3) is 0.367. The average molecular weight is 619 g/mol. The maximum absolute atomic E-state index is 13.9. The molecule has 2 aliphatic carbocycles. The Morgan fingerprint density at radius 2 is 1.85 bits per heavy atom. The highest BCUT2D eigenvalue weighted by atomic mass is 79.9. The van der Waals surface area contributed by atoms with E-state index in [1.54, 1.807) is 24.0 Å². The molecule has 1 unspecified atom stereocenters. The van der Waals surface area contributed by atoms with Crippen LogP contribution in [0.4, 0.5) is 10.2 Å². The van der Waals surface area contributed by atoms with Crippen LogP contribution in [0.25, 0.3) is 22.0 Å². The second-order valence-corrected chi connectivity index (χ2v) is 12.2. The van der Waals surface area contributed by atoms with Crippen LogP contribution in [0.15, 0.2) is 41.3 Å². The van der Waals surface area contributed by atoms with Gasteiger partial charge in [-0.15, -0.1) is 0 Å². The molecule has 0 radical (unpaired) electrons. The lowest BCUT2D eigenvalue weighted by Gasteiger charge is -2.22. The summed E-state index contributed by atoms with van der Waals surface area (Å²) in [6.07, 6.45) is 4.92. The van der Waals surface area contributed by atoms with Gasteiger partial charge >= 0.3 is 0 Å². The molecule has 9 nitrogen and oxygen atoms in total. The molecule has 1 aromatic carbocycles. The number of benzene rings is 1. The van der Waals surface area contributed by atoms with Gasteiger partial charge in [0.1, 0.15) is 28.5 Å². The van der Waals surface area contributed by atoms with Crippen molar-refractivity contribution in [1.29, 1.82) is 0 Å². The summed E-state index contributed by atoms with van der Waals surface area (Å²) in [5, 5.41) is 8.00. The van der Waals surface area contributed by atoms with E-state index in [4.69, 9.17) is 0 Å². The lowest BCUT2D eigenvalue weighted by molar-refractivity contribution is -0.131. The quantitative estimate of drug-likeness (QED) is 0.215. The first-order valence-corrected chi connectivity index (χ1v) is 14.2. The van der Waals surface area contributed by atoms with Gasteiger partial charge in [0.15, 0.2) is 17.4 Å². The lowest BCUT2D eigenvalue weighted by Crippen LogP contribution is -2.34. The highest BCUT2D eigenvalue weighted by Gasteiger charge is 2.65. The molecular weight excluding hydrogens is 591 g/mol. The zero-order chi connectivity index (χ0) is 29.2. The van der Waals surface area contributed by atoms with Gasteiger partial charge in [-0.1, -0.05) is 13.0 Å². The summed E-state index contributed by atoms with van der Waals surface area (Å²) in [5.41, 5.74) is 3.00. The Bertz CT molecular complexity index is 1750. The highest BCUT2D eigenvalue weighted by Crippen LogP contribution is 2.68. The van der Waals surface area contributed by atoms with Crippen LogP contribution >= 0.6 is 15.9 Å². The second kappa shape index (κ2) is 9.90. The number of amides is 1. The van der Waals surface area contributed by atoms with Gasteiger partial charge in [0.05, 0.1) is 5.52 Å². The summed E-state index contributed by atoms with van der Waals surface area (Å²) < 4.78 is 15.4. The molecule has 2 fully saturated rings. The molecule has 4 atom stereocenters. The van der Waals surface area contributed by atoms with E-state index in [1.165, 1.54) is 13.0 Å². The number of halogens is 2. The molecule has 3 aromatic heterocycles. The standard InChI is InChI=1S/C30H28BrFN6O3/c1-14-7-22(32)27(31)35-28(14)36-29(41)20-9-30(4)10-21(30)25(20)24(40)13-38-23-6-5-17(18-11-33-16(3)34-12-18)8-19(23)26(37-38)15(2)39/h5-8,11-12,20-21,25H,9-10,13H2,1-4H3,(H,35,36,41)/t20-,21+,25?,30+/m1/s1. The zero-order valence-electron chi connectivity index (χ0n) is 23.0. The molecule has 11 heteroatoms. The number of anilines is 1. The van der Waals surface area contributed by atoms with Crippen molar-refractivity contribution >= 4 is 50.1 Å². The number of hydrogen-bond acceptors (Lipinski definition) is 7. The third-order valence-corrected chi connectivity index (χ3v) is 9.11. The van der Waals surface area contributed by atoms with Crippen molar-refractivity contribution in [3.8, 4) is 11.1 Å². The van der Waals surface area contributed by atoms with Crippen LogP contribution in [-0.4, -0.2) is 42.2 Å². The van der Waals surface area contributed by atoms with Crippen LogP contribution in [0.5, 0.6) is 0 Å². The van der Waals surface area contributed by atoms with E-state index in [-0.39, 0.29) is 51.5 Å². The minimum absolute atomic E-state index is 0.0113. The number of aryl methyl sites for hydroxylation is 2. The predicted molar refractivity (Wildman–Crippen MR) is 154 cm³/mol. The molecule has 6 rings (SSSR count). The number of ketones is 2. The van der Waals surface area contributed by atoms with Crippen molar-refractivity contribution in [3.63, 3.8) is 0 Å².